The van der Waals surface area contributed by atoms with E-state index in [9.17, 15) is 18.4 Å². The first kappa shape index (κ1) is 16.4. The SMILES string of the molecule is CNc1ccccc1C(=O)OCC(=O)Nc1ccc(F)cc1F. The lowest BCUT2D eigenvalue weighted by molar-refractivity contribution is -0.119. The fourth-order valence-corrected chi connectivity index (χ4v) is 1.87. The Kier molecular flexibility index (Phi) is 5.24. The van der Waals surface area contributed by atoms with Crippen LogP contribution in [0.4, 0.5) is 20.2 Å². The minimum atomic E-state index is -0.912. The summed E-state index contributed by atoms with van der Waals surface area (Å²) in [5.41, 5.74) is 0.640. The van der Waals surface area contributed by atoms with Gasteiger partial charge in [0.15, 0.2) is 6.61 Å². The summed E-state index contributed by atoms with van der Waals surface area (Å²) in [6.07, 6.45) is 0. The van der Waals surface area contributed by atoms with Gasteiger partial charge in [0.1, 0.15) is 11.6 Å². The van der Waals surface area contributed by atoms with Gasteiger partial charge < -0.3 is 15.4 Å². The Hall–Kier alpha value is -2.96. The standard InChI is InChI=1S/C16H14F2N2O3/c1-19-13-5-3-2-4-11(13)16(22)23-9-15(21)20-14-7-6-10(17)8-12(14)18/h2-8,19H,9H2,1H3,(H,20,21). The van der Waals surface area contributed by atoms with Gasteiger partial charge in [0.25, 0.3) is 5.91 Å². The molecule has 0 aromatic heterocycles. The number of carbonyl (C=O) groups is 2. The number of para-hydroxylation sites is 1. The number of rotatable bonds is 5. The molecule has 0 saturated heterocycles. The minimum Gasteiger partial charge on any atom is -0.452 e. The van der Waals surface area contributed by atoms with Crippen molar-refractivity contribution in [2.75, 3.05) is 24.3 Å². The van der Waals surface area contributed by atoms with Gasteiger partial charge in [-0.15, -0.1) is 0 Å². The monoisotopic (exact) mass is 320 g/mol. The number of anilines is 2. The predicted octanol–water partition coefficient (Wildman–Crippen LogP) is 2.80. The Labute approximate surface area is 131 Å². The van der Waals surface area contributed by atoms with E-state index < -0.39 is 30.1 Å². The molecule has 0 saturated carbocycles. The number of benzene rings is 2. The summed E-state index contributed by atoms with van der Waals surface area (Å²) in [6, 6.07) is 9.37. The fourth-order valence-electron chi connectivity index (χ4n) is 1.87. The number of nitrogens with one attached hydrogen (secondary N) is 2. The molecule has 0 unspecified atom stereocenters. The number of ether oxygens (including phenoxy) is 1. The molecule has 0 radical (unpaired) electrons. The maximum absolute atomic E-state index is 13.4. The Bertz CT molecular complexity index is 735. The summed E-state index contributed by atoms with van der Waals surface area (Å²) in [5.74, 6) is -3.09. The van der Waals surface area contributed by atoms with Gasteiger partial charge in [-0.25, -0.2) is 13.6 Å². The third-order valence-electron chi connectivity index (χ3n) is 2.96. The first-order valence-electron chi connectivity index (χ1n) is 6.70. The van der Waals surface area contributed by atoms with Crippen LogP contribution >= 0.6 is 0 Å². The van der Waals surface area contributed by atoms with Crippen molar-refractivity contribution < 1.29 is 23.1 Å². The van der Waals surface area contributed by atoms with Gasteiger partial charge in [-0.05, 0) is 24.3 Å². The van der Waals surface area contributed by atoms with Gasteiger partial charge in [-0.1, -0.05) is 12.1 Å². The number of esters is 1. The highest BCUT2D eigenvalue weighted by atomic mass is 19.1. The molecule has 0 aliphatic heterocycles. The maximum atomic E-state index is 13.4. The molecular formula is C16H14F2N2O3. The summed E-state index contributed by atoms with van der Waals surface area (Å²) in [7, 11) is 1.65. The van der Waals surface area contributed by atoms with Crippen LogP contribution in [-0.4, -0.2) is 25.5 Å². The zero-order valence-corrected chi connectivity index (χ0v) is 12.2. The molecule has 1 amide bonds. The maximum Gasteiger partial charge on any atom is 0.340 e. The summed E-state index contributed by atoms with van der Waals surface area (Å²) in [5, 5.41) is 5.03. The molecule has 7 heteroatoms. The quantitative estimate of drug-likeness (QED) is 0.831. The third kappa shape index (κ3) is 4.26. The summed E-state index contributed by atoms with van der Waals surface area (Å²) < 4.78 is 31.1. The molecule has 2 aromatic carbocycles. The van der Waals surface area contributed by atoms with Crippen molar-refractivity contribution in [1.82, 2.24) is 0 Å². The lowest BCUT2D eigenvalue weighted by atomic mass is 10.2. The number of carbonyl (C=O) groups excluding carboxylic acids is 2. The van der Waals surface area contributed by atoms with Gasteiger partial charge in [0.05, 0.1) is 11.3 Å². The van der Waals surface area contributed by atoms with Crippen LogP contribution in [0.15, 0.2) is 42.5 Å². The molecular weight excluding hydrogens is 306 g/mol. The highest BCUT2D eigenvalue weighted by Gasteiger charge is 2.14. The normalized spacial score (nSPS) is 10.0. The molecule has 0 aliphatic rings. The second-order valence-corrected chi connectivity index (χ2v) is 4.54. The molecule has 0 bridgehead atoms. The van der Waals surface area contributed by atoms with Crippen LogP contribution in [0.1, 0.15) is 10.4 Å². The summed E-state index contributed by atoms with van der Waals surface area (Å²) >= 11 is 0. The molecule has 0 spiro atoms. The van der Waals surface area contributed by atoms with E-state index in [4.69, 9.17) is 4.74 Å². The van der Waals surface area contributed by atoms with E-state index in [-0.39, 0.29) is 11.3 Å². The first-order chi connectivity index (χ1) is 11.0. The largest absolute Gasteiger partial charge is 0.452 e. The van der Waals surface area contributed by atoms with Crippen molar-refractivity contribution in [3.63, 3.8) is 0 Å². The average molecular weight is 320 g/mol. The number of halogens is 2. The Morgan fingerprint density at radius 1 is 1.09 bits per heavy atom. The fraction of sp³-hybridized carbons (Fsp3) is 0.125. The zero-order chi connectivity index (χ0) is 16.8. The second kappa shape index (κ2) is 7.35. The van der Waals surface area contributed by atoms with Gasteiger partial charge >= 0.3 is 5.97 Å². The molecule has 0 fully saturated rings. The van der Waals surface area contributed by atoms with E-state index in [2.05, 4.69) is 10.6 Å². The van der Waals surface area contributed by atoms with E-state index in [1.165, 1.54) is 0 Å². The van der Waals surface area contributed by atoms with Crippen molar-refractivity contribution >= 4 is 23.3 Å². The lowest BCUT2D eigenvalue weighted by Crippen LogP contribution is -2.21. The summed E-state index contributed by atoms with van der Waals surface area (Å²) in [6.45, 7) is -0.590. The number of hydrogen-bond donors (Lipinski definition) is 2. The number of amides is 1. The van der Waals surface area contributed by atoms with Crippen LogP contribution in [0.3, 0.4) is 0 Å². The average Bonchev–Trinajstić information content (AvgIpc) is 2.55. The van der Waals surface area contributed by atoms with E-state index in [0.29, 0.717) is 11.8 Å². The lowest BCUT2D eigenvalue weighted by Gasteiger charge is -2.10. The Morgan fingerprint density at radius 3 is 2.52 bits per heavy atom. The van der Waals surface area contributed by atoms with Crippen LogP contribution in [-0.2, 0) is 9.53 Å². The van der Waals surface area contributed by atoms with Gasteiger partial charge in [0.2, 0.25) is 0 Å². The van der Waals surface area contributed by atoms with Crippen molar-refractivity contribution in [3.05, 3.63) is 59.7 Å². The van der Waals surface area contributed by atoms with E-state index in [1.807, 2.05) is 0 Å². The van der Waals surface area contributed by atoms with Crippen LogP contribution in [0.25, 0.3) is 0 Å². The van der Waals surface area contributed by atoms with Crippen molar-refractivity contribution in [2.24, 2.45) is 0 Å². The first-order valence-corrected chi connectivity index (χ1v) is 6.70. The van der Waals surface area contributed by atoms with Crippen molar-refractivity contribution in [3.8, 4) is 0 Å². The highest BCUT2D eigenvalue weighted by Crippen LogP contribution is 2.16. The molecule has 23 heavy (non-hydrogen) atoms. The minimum absolute atomic E-state index is 0.192. The molecule has 2 rings (SSSR count). The van der Waals surface area contributed by atoms with Crippen LogP contribution < -0.4 is 10.6 Å². The van der Waals surface area contributed by atoms with Gasteiger partial charge in [-0.3, -0.25) is 4.79 Å². The second-order valence-electron chi connectivity index (χ2n) is 4.54. The number of hydrogen-bond acceptors (Lipinski definition) is 4. The Morgan fingerprint density at radius 2 is 1.83 bits per heavy atom. The molecule has 5 nitrogen and oxygen atoms in total. The molecule has 120 valence electrons. The smallest absolute Gasteiger partial charge is 0.340 e. The van der Waals surface area contributed by atoms with Crippen LogP contribution in [0.5, 0.6) is 0 Å². The zero-order valence-electron chi connectivity index (χ0n) is 12.2. The summed E-state index contributed by atoms with van der Waals surface area (Å²) in [4.78, 5) is 23.6. The van der Waals surface area contributed by atoms with Gasteiger partial charge in [-0.2, -0.15) is 0 Å². The van der Waals surface area contributed by atoms with Crippen LogP contribution in [0.2, 0.25) is 0 Å². The molecule has 0 aliphatic carbocycles. The van der Waals surface area contributed by atoms with Crippen LogP contribution in [0, 0.1) is 11.6 Å². The molecule has 0 atom stereocenters. The van der Waals surface area contributed by atoms with Crippen molar-refractivity contribution in [1.29, 1.82) is 0 Å². The van der Waals surface area contributed by atoms with E-state index in [0.717, 1.165) is 12.1 Å². The topological polar surface area (TPSA) is 67.4 Å². The van der Waals surface area contributed by atoms with E-state index in [1.54, 1.807) is 31.3 Å². The van der Waals surface area contributed by atoms with Gasteiger partial charge in [0, 0.05) is 18.8 Å². The molecule has 2 N–H and O–H groups in total. The Balaban J connectivity index is 1.95. The van der Waals surface area contributed by atoms with Crippen molar-refractivity contribution in [2.45, 2.75) is 0 Å². The molecule has 0 heterocycles. The predicted molar refractivity (Wildman–Crippen MR) is 81.3 cm³/mol. The third-order valence-corrected chi connectivity index (χ3v) is 2.96. The van der Waals surface area contributed by atoms with E-state index >= 15 is 0 Å². The highest BCUT2D eigenvalue weighted by molar-refractivity contribution is 5.98. The molecule has 2 aromatic rings.